The van der Waals surface area contributed by atoms with E-state index < -0.39 is 18.0 Å². The molecule has 0 aliphatic rings. The average molecular weight is 498 g/mol. The number of benzene rings is 2. The molecule has 1 aromatic heterocycles. The third-order valence-corrected chi connectivity index (χ3v) is 5.80. The SMILES string of the molecule is COc1ccc(OC)c(NC(=O)C(C)OC(=O)/C=C/c2c(C)nn(Cc3ccccc3Cl)c2C)c1. The normalized spacial score (nSPS) is 11.8. The summed E-state index contributed by atoms with van der Waals surface area (Å²) in [6.45, 7) is 5.78. The molecular formula is C26H28ClN3O5. The van der Waals surface area contributed by atoms with Crippen molar-refractivity contribution in [1.29, 1.82) is 0 Å². The Morgan fingerprint density at radius 2 is 1.89 bits per heavy atom. The third-order valence-electron chi connectivity index (χ3n) is 5.43. The van der Waals surface area contributed by atoms with Crippen LogP contribution in [0.15, 0.2) is 48.5 Å². The molecule has 35 heavy (non-hydrogen) atoms. The number of nitrogens with zero attached hydrogens (tertiary/aromatic N) is 2. The Morgan fingerprint density at radius 1 is 1.14 bits per heavy atom. The Hall–Kier alpha value is -3.78. The van der Waals surface area contributed by atoms with E-state index in [2.05, 4.69) is 10.4 Å². The first-order valence-electron chi connectivity index (χ1n) is 10.9. The average Bonchev–Trinajstić information content (AvgIpc) is 3.10. The van der Waals surface area contributed by atoms with Crippen molar-refractivity contribution in [2.45, 2.75) is 33.4 Å². The number of hydrogen-bond acceptors (Lipinski definition) is 6. The molecule has 1 unspecified atom stereocenters. The summed E-state index contributed by atoms with van der Waals surface area (Å²) in [4.78, 5) is 25.0. The number of carbonyl (C=O) groups excluding carboxylic acids is 2. The van der Waals surface area contributed by atoms with E-state index in [1.807, 2.05) is 42.8 Å². The van der Waals surface area contributed by atoms with Gasteiger partial charge in [0, 0.05) is 28.4 Å². The number of hydrogen-bond donors (Lipinski definition) is 1. The molecule has 184 valence electrons. The van der Waals surface area contributed by atoms with Crippen molar-refractivity contribution in [3.63, 3.8) is 0 Å². The van der Waals surface area contributed by atoms with Crippen molar-refractivity contribution in [2.24, 2.45) is 0 Å². The molecule has 1 N–H and O–H groups in total. The van der Waals surface area contributed by atoms with Crippen LogP contribution < -0.4 is 14.8 Å². The molecule has 1 heterocycles. The van der Waals surface area contributed by atoms with E-state index in [9.17, 15) is 9.59 Å². The number of amides is 1. The Balaban J connectivity index is 1.65. The molecule has 1 amide bonds. The van der Waals surface area contributed by atoms with Crippen molar-refractivity contribution in [3.05, 3.63) is 76.1 Å². The molecular weight excluding hydrogens is 470 g/mol. The fourth-order valence-corrected chi connectivity index (χ4v) is 3.65. The topological polar surface area (TPSA) is 91.7 Å². The number of ether oxygens (including phenoxy) is 3. The number of aryl methyl sites for hydroxylation is 1. The maximum absolute atomic E-state index is 12.6. The Kier molecular flexibility index (Phi) is 8.54. The first-order chi connectivity index (χ1) is 16.7. The van der Waals surface area contributed by atoms with Gasteiger partial charge in [0.15, 0.2) is 6.10 Å². The Bertz CT molecular complexity index is 1250. The lowest BCUT2D eigenvalue weighted by Crippen LogP contribution is -2.29. The standard InChI is InChI=1S/C26H28ClN3O5/c1-16-21(17(2)30(29-16)15-19-8-6-7-9-22(19)27)11-13-25(31)35-18(3)26(32)28-23-14-20(33-4)10-12-24(23)34-5/h6-14,18H,15H2,1-5H3,(H,28,32)/b13-11+. The highest BCUT2D eigenvalue weighted by Gasteiger charge is 2.19. The Labute approximate surface area is 209 Å². The number of rotatable bonds is 9. The number of methoxy groups -OCH3 is 2. The molecule has 0 saturated heterocycles. The minimum atomic E-state index is -1.03. The van der Waals surface area contributed by atoms with Gasteiger partial charge in [-0.25, -0.2) is 4.79 Å². The van der Waals surface area contributed by atoms with E-state index in [0.717, 1.165) is 22.5 Å². The van der Waals surface area contributed by atoms with Crippen LogP contribution in [-0.2, 0) is 20.9 Å². The Morgan fingerprint density at radius 3 is 2.57 bits per heavy atom. The highest BCUT2D eigenvalue weighted by molar-refractivity contribution is 6.31. The third kappa shape index (κ3) is 6.42. The number of aromatic nitrogens is 2. The van der Waals surface area contributed by atoms with Crippen molar-refractivity contribution in [2.75, 3.05) is 19.5 Å². The van der Waals surface area contributed by atoms with E-state index >= 15 is 0 Å². The molecule has 2 aromatic carbocycles. The fourth-order valence-electron chi connectivity index (χ4n) is 3.46. The molecule has 8 nitrogen and oxygen atoms in total. The molecule has 3 rings (SSSR count). The molecule has 3 aromatic rings. The van der Waals surface area contributed by atoms with Gasteiger partial charge >= 0.3 is 5.97 Å². The predicted molar refractivity (Wildman–Crippen MR) is 135 cm³/mol. The summed E-state index contributed by atoms with van der Waals surface area (Å²) >= 11 is 6.27. The van der Waals surface area contributed by atoms with Gasteiger partial charge in [-0.05, 0) is 50.6 Å². The smallest absolute Gasteiger partial charge is 0.331 e. The molecule has 0 aliphatic heterocycles. The van der Waals surface area contributed by atoms with Crippen molar-refractivity contribution >= 4 is 35.2 Å². The van der Waals surface area contributed by atoms with Crippen molar-refractivity contribution in [1.82, 2.24) is 9.78 Å². The lowest BCUT2D eigenvalue weighted by Gasteiger charge is -2.15. The van der Waals surface area contributed by atoms with Gasteiger partial charge in [-0.15, -0.1) is 0 Å². The second-order valence-electron chi connectivity index (χ2n) is 7.80. The molecule has 1 atom stereocenters. The summed E-state index contributed by atoms with van der Waals surface area (Å²) in [5.41, 5.74) is 3.79. The second-order valence-corrected chi connectivity index (χ2v) is 8.21. The first-order valence-corrected chi connectivity index (χ1v) is 11.3. The van der Waals surface area contributed by atoms with Crippen LogP contribution in [0.3, 0.4) is 0 Å². The molecule has 9 heteroatoms. The van der Waals surface area contributed by atoms with Gasteiger partial charge in [0.2, 0.25) is 0 Å². The number of esters is 1. The molecule has 0 aliphatic carbocycles. The van der Waals surface area contributed by atoms with Crippen molar-refractivity contribution in [3.8, 4) is 11.5 Å². The van der Waals surface area contributed by atoms with Gasteiger partial charge in [-0.1, -0.05) is 29.8 Å². The molecule has 0 bridgehead atoms. The monoisotopic (exact) mass is 497 g/mol. The fraction of sp³-hybridized carbons (Fsp3) is 0.269. The number of nitrogens with one attached hydrogen (secondary N) is 1. The molecule has 0 saturated carbocycles. The number of halogens is 1. The van der Waals surface area contributed by atoms with E-state index in [-0.39, 0.29) is 0 Å². The summed E-state index contributed by atoms with van der Waals surface area (Å²) in [6, 6.07) is 12.6. The quantitative estimate of drug-likeness (QED) is 0.337. The number of anilines is 1. The minimum absolute atomic E-state index is 0.410. The highest BCUT2D eigenvalue weighted by atomic mass is 35.5. The maximum Gasteiger partial charge on any atom is 0.331 e. The van der Waals surface area contributed by atoms with Crippen LogP contribution in [0.4, 0.5) is 5.69 Å². The van der Waals surface area contributed by atoms with Gasteiger partial charge in [0.05, 0.1) is 32.1 Å². The second kappa shape index (κ2) is 11.6. The molecule has 0 radical (unpaired) electrons. The van der Waals surface area contributed by atoms with Crippen LogP contribution in [0, 0.1) is 13.8 Å². The molecule has 0 spiro atoms. The molecule has 0 fully saturated rings. The summed E-state index contributed by atoms with van der Waals surface area (Å²) in [5.74, 6) is -0.145. The van der Waals surface area contributed by atoms with Gasteiger partial charge in [-0.3, -0.25) is 9.48 Å². The van der Waals surface area contributed by atoms with Crippen LogP contribution >= 0.6 is 11.6 Å². The van der Waals surface area contributed by atoms with E-state index in [1.54, 1.807) is 24.3 Å². The van der Waals surface area contributed by atoms with Crippen LogP contribution in [0.1, 0.15) is 29.4 Å². The lowest BCUT2D eigenvalue weighted by atomic mass is 10.1. The van der Waals surface area contributed by atoms with Crippen LogP contribution in [0.2, 0.25) is 5.02 Å². The van der Waals surface area contributed by atoms with Crippen LogP contribution in [-0.4, -0.2) is 42.0 Å². The van der Waals surface area contributed by atoms with Gasteiger partial charge in [0.25, 0.3) is 5.91 Å². The van der Waals surface area contributed by atoms with E-state index in [0.29, 0.717) is 28.8 Å². The maximum atomic E-state index is 12.6. The van der Waals surface area contributed by atoms with Gasteiger partial charge in [-0.2, -0.15) is 5.10 Å². The highest BCUT2D eigenvalue weighted by Crippen LogP contribution is 2.29. The van der Waals surface area contributed by atoms with Crippen molar-refractivity contribution < 1.29 is 23.8 Å². The van der Waals surface area contributed by atoms with E-state index in [4.69, 9.17) is 25.8 Å². The lowest BCUT2D eigenvalue weighted by molar-refractivity contribution is -0.148. The summed E-state index contributed by atoms with van der Waals surface area (Å²) in [6.07, 6.45) is 1.89. The zero-order valence-electron chi connectivity index (χ0n) is 20.3. The summed E-state index contributed by atoms with van der Waals surface area (Å²) in [7, 11) is 3.01. The largest absolute Gasteiger partial charge is 0.497 e. The summed E-state index contributed by atoms with van der Waals surface area (Å²) < 4.78 is 17.6. The predicted octanol–water partition coefficient (Wildman–Crippen LogP) is 4.80. The zero-order valence-corrected chi connectivity index (χ0v) is 21.1. The van der Waals surface area contributed by atoms with Crippen LogP contribution in [0.25, 0.3) is 6.08 Å². The van der Waals surface area contributed by atoms with Gasteiger partial charge < -0.3 is 19.5 Å². The summed E-state index contributed by atoms with van der Waals surface area (Å²) in [5, 5.41) is 7.92. The first kappa shape index (κ1) is 25.8. The zero-order chi connectivity index (χ0) is 25.5. The van der Waals surface area contributed by atoms with Gasteiger partial charge in [0.1, 0.15) is 11.5 Å². The van der Waals surface area contributed by atoms with Crippen LogP contribution in [0.5, 0.6) is 11.5 Å². The van der Waals surface area contributed by atoms with E-state index in [1.165, 1.54) is 27.2 Å². The minimum Gasteiger partial charge on any atom is -0.497 e. The number of carbonyl (C=O) groups is 2.